The topological polar surface area (TPSA) is 46.6 Å². The molecule has 3 rings (SSSR count). The molecular formula is C17H24ClN3O2S. The van der Waals surface area contributed by atoms with Crippen LogP contribution in [-0.2, 0) is 17.9 Å². The number of nitrogens with one attached hydrogen (secondary N) is 1. The summed E-state index contributed by atoms with van der Waals surface area (Å²) in [5, 5.41) is 4.63. The second-order valence-corrected chi connectivity index (χ2v) is 6.79. The van der Waals surface area contributed by atoms with Gasteiger partial charge < -0.3 is 14.8 Å². The fourth-order valence-corrected chi connectivity index (χ4v) is 3.91. The van der Waals surface area contributed by atoms with Crippen molar-refractivity contribution in [3.63, 3.8) is 0 Å². The summed E-state index contributed by atoms with van der Waals surface area (Å²) in [6.07, 6.45) is 1.92. The van der Waals surface area contributed by atoms with Gasteiger partial charge in [-0.15, -0.1) is 23.7 Å². The Balaban J connectivity index is 0.00000208. The lowest BCUT2D eigenvalue weighted by molar-refractivity contribution is 0.151. The molecular weight excluding hydrogens is 346 g/mol. The van der Waals surface area contributed by atoms with Crippen molar-refractivity contribution in [1.29, 1.82) is 0 Å². The van der Waals surface area contributed by atoms with Crippen LogP contribution in [0.25, 0.3) is 0 Å². The fraction of sp³-hybridized carbons (Fsp3) is 0.471. The molecule has 2 heterocycles. The van der Waals surface area contributed by atoms with Crippen LogP contribution in [0, 0.1) is 0 Å². The van der Waals surface area contributed by atoms with Crippen molar-refractivity contribution in [2.45, 2.75) is 19.2 Å². The predicted octanol–water partition coefficient (Wildman–Crippen LogP) is 2.87. The number of methoxy groups -OCH3 is 2. The van der Waals surface area contributed by atoms with Gasteiger partial charge in [-0.2, -0.15) is 0 Å². The van der Waals surface area contributed by atoms with Gasteiger partial charge in [-0.1, -0.05) is 18.2 Å². The summed E-state index contributed by atoms with van der Waals surface area (Å²) in [4.78, 5) is 8.19. The number of thiazole rings is 1. The van der Waals surface area contributed by atoms with Gasteiger partial charge in [-0.3, -0.25) is 4.90 Å². The Labute approximate surface area is 153 Å². The number of benzene rings is 1. The molecule has 1 fully saturated rings. The fourth-order valence-electron chi connectivity index (χ4n) is 2.99. The predicted molar refractivity (Wildman–Crippen MR) is 99.1 cm³/mol. The van der Waals surface area contributed by atoms with Gasteiger partial charge in [0.15, 0.2) is 0 Å². The third-order valence-electron chi connectivity index (χ3n) is 4.08. The Kier molecular flexibility index (Phi) is 7.45. The molecule has 24 heavy (non-hydrogen) atoms. The van der Waals surface area contributed by atoms with E-state index in [1.165, 1.54) is 10.4 Å². The van der Waals surface area contributed by atoms with Crippen LogP contribution in [0.5, 0.6) is 5.75 Å². The minimum absolute atomic E-state index is 0. The van der Waals surface area contributed by atoms with Gasteiger partial charge in [0, 0.05) is 38.5 Å². The lowest BCUT2D eigenvalue weighted by atomic mass is 10.0. The molecule has 1 atom stereocenters. The largest absolute Gasteiger partial charge is 0.496 e. The van der Waals surface area contributed by atoms with Gasteiger partial charge in [-0.05, 0) is 6.07 Å². The minimum atomic E-state index is 0. The van der Waals surface area contributed by atoms with Crippen LogP contribution in [0.4, 0.5) is 0 Å². The number of hydrogen-bond donors (Lipinski definition) is 1. The molecule has 0 radical (unpaired) electrons. The smallest absolute Gasteiger partial charge is 0.123 e. The molecule has 7 heteroatoms. The molecule has 2 aromatic rings. The van der Waals surface area contributed by atoms with E-state index in [0.29, 0.717) is 12.6 Å². The van der Waals surface area contributed by atoms with Crippen molar-refractivity contribution in [3.8, 4) is 5.75 Å². The first-order chi connectivity index (χ1) is 11.3. The van der Waals surface area contributed by atoms with Crippen LogP contribution in [0.15, 0.2) is 30.5 Å². The van der Waals surface area contributed by atoms with Crippen molar-refractivity contribution in [2.75, 3.05) is 33.9 Å². The Morgan fingerprint density at radius 2 is 2.17 bits per heavy atom. The molecule has 1 unspecified atom stereocenters. The maximum Gasteiger partial charge on any atom is 0.123 e. The Morgan fingerprint density at radius 3 is 2.96 bits per heavy atom. The molecule has 1 saturated heterocycles. The van der Waals surface area contributed by atoms with Crippen LogP contribution in [0.1, 0.15) is 21.5 Å². The van der Waals surface area contributed by atoms with Crippen molar-refractivity contribution in [1.82, 2.24) is 15.2 Å². The zero-order valence-corrected chi connectivity index (χ0v) is 15.7. The molecule has 0 aliphatic carbocycles. The monoisotopic (exact) mass is 369 g/mol. The minimum Gasteiger partial charge on any atom is -0.496 e. The van der Waals surface area contributed by atoms with Crippen LogP contribution in [-0.4, -0.2) is 43.7 Å². The summed E-state index contributed by atoms with van der Waals surface area (Å²) >= 11 is 1.73. The highest BCUT2D eigenvalue weighted by molar-refractivity contribution is 7.11. The standard InChI is InChI=1S/C17H23N3O2S.ClH/c1-21-12-13-9-19-17(23-13)11-20-8-7-18-10-15(20)14-5-3-4-6-16(14)22-2;/h3-6,9,15,18H,7-8,10-12H2,1-2H3;1H. The summed E-state index contributed by atoms with van der Waals surface area (Å²) in [7, 11) is 3.45. The average molecular weight is 370 g/mol. The molecule has 0 saturated carbocycles. The van der Waals surface area contributed by atoms with Gasteiger partial charge in [0.2, 0.25) is 0 Å². The van der Waals surface area contributed by atoms with E-state index >= 15 is 0 Å². The first kappa shape index (κ1) is 19.1. The van der Waals surface area contributed by atoms with Crippen LogP contribution in [0.2, 0.25) is 0 Å². The number of ether oxygens (including phenoxy) is 2. The summed E-state index contributed by atoms with van der Waals surface area (Å²) in [6.45, 7) is 4.43. The molecule has 5 nitrogen and oxygen atoms in total. The highest BCUT2D eigenvalue weighted by atomic mass is 35.5. The number of aromatic nitrogens is 1. The number of piperazine rings is 1. The molecule has 0 amide bonds. The third kappa shape index (κ3) is 4.46. The Bertz CT molecular complexity index is 638. The first-order valence-corrected chi connectivity index (χ1v) is 8.63. The van der Waals surface area contributed by atoms with E-state index in [-0.39, 0.29) is 12.4 Å². The summed E-state index contributed by atoms with van der Waals surface area (Å²) in [5.41, 5.74) is 1.23. The summed E-state index contributed by atoms with van der Waals surface area (Å²) in [6, 6.07) is 8.57. The van der Waals surface area contributed by atoms with Crippen molar-refractivity contribution in [2.24, 2.45) is 0 Å². The van der Waals surface area contributed by atoms with Gasteiger partial charge in [-0.25, -0.2) is 4.98 Å². The van der Waals surface area contributed by atoms with E-state index in [4.69, 9.17) is 9.47 Å². The molecule has 132 valence electrons. The lowest BCUT2D eigenvalue weighted by Gasteiger charge is -2.36. The number of hydrogen-bond acceptors (Lipinski definition) is 6. The third-order valence-corrected chi connectivity index (χ3v) is 5.03. The van der Waals surface area contributed by atoms with Crippen molar-refractivity contribution in [3.05, 3.63) is 45.9 Å². The normalized spacial score (nSPS) is 18.2. The van der Waals surface area contributed by atoms with Gasteiger partial charge in [0.05, 0.1) is 31.2 Å². The van der Waals surface area contributed by atoms with E-state index in [1.54, 1.807) is 25.6 Å². The number of para-hydroxylation sites is 1. The van der Waals surface area contributed by atoms with E-state index in [0.717, 1.165) is 36.9 Å². The summed E-state index contributed by atoms with van der Waals surface area (Å²) < 4.78 is 10.7. The maximum atomic E-state index is 5.55. The second kappa shape index (κ2) is 9.34. The number of rotatable bonds is 6. The van der Waals surface area contributed by atoms with Gasteiger partial charge >= 0.3 is 0 Å². The van der Waals surface area contributed by atoms with Crippen LogP contribution >= 0.6 is 23.7 Å². The highest BCUT2D eigenvalue weighted by Gasteiger charge is 2.26. The number of halogens is 1. The number of nitrogens with zero attached hydrogens (tertiary/aromatic N) is 2. The Morgan fingerprint density at radius 1 is 1.33 bits per heavy atom. The summed E-state index contributed by atoms with van der Waals surface area (Å²) in [5.74, 6) is 0.949. The SMILES string of the molecule is COCc1cnc(CN2CCNCC2c2ccccc2OC)s1.Cl. The molecule has 0 spiro atoms. The maximum absolute atomic E-state index is 5.55. The highest BCUT2D eigenvalue weighted by Crippen LogP contribution is 2.31. The second-order valence-electron chi connectivity index (χ2n) is 5.59. The Hall–Kier alpha value is -1.18. The average Bonchev–Trinajstić information content (AvgIpc) is 3.03. The molecule has 1 aliphatic rings. The van der Waals surface area contributed by atoms with E-state index in [2.05, 4.69) is 27.3 Å². The van der Waals surface area contributed by atoms with Gasteiger partial charge in [0.1, 0.15) is 10.8 Å². The van der Waals surface area contributed by atoms with E-state index in [1.807, 2.05) is 18.3 Å². The zero-order chi connectivity index (χ0) is 16.1. The molecule has 1 aromatic carbocycles. The van der Waals surface area contributed by atoms with Gasteiger partial charge in [0.25, 0.3) is 0 Å². The molecule has 1 N–H and O–H groups in total. The van der Waals surface area contributed by atoms with Crippen molar-refractivity contribution >= 4 is 23.7 Å². The molecule has 1 aliphatic heterocycles. The van der Waals surface area contributed by atoms with E-state index in [9.17, 15) is 0 Å². The van der Waals surface area contributed by atoms with E-state index < -0.39 is 0 Å². The van der Waals surface area contributed by atoms with Crippen LogP contribution < -0.4 is 10.1 Å². The zero-order valence-electron chi connectivity index (χ0n) is 14.0. The van der Waals surface area contributed by atoms with Crippen molar-refractivity contribution < 1.29 is 9.47 Å². The molecule has 1 aromatic heterocycles. The first-order valence-electron chi connectivity index (χ1n) is 7.82. The quantitative estimate of drug-likeness (QED) is 0.848. The lowest BCUT2D eigenvalue weighted by Crippen LogP contribution is -2.45. The molecule has 0 bridgehead atoms. The van der Waals surface area contributed by atoms with Crippen LogP contribution in [0.3, 0.4) is 0 Å².